The molecule has 2 amide bonds. The van der Waals surface area contributed by atoms with E-state index in [4.69, 9.17) is 22.7 Å². The molecule has 1 aliphatic carbocycles. The second-order valence-corrected chi connectivity index (χ2v) is 13.8. The molecule has 0 radical (unpaired) electrons. The molecule has 3 fully saturated rings. The Morgan fingerprint density at radius 1 is 1.10 bits per heavy atom. The molecule has 3 rings (SSSR count). The van der Waals surface area contributed by atoms with Crippen molar-refractivity contribution in [3.05, 3.63) is 0 Å². The number of likely N-dealkylation sites (tertiary alicyclic amines) is 1. The van der Waals surface area contributed by atoms with Crippen LogP contribution in [0.2, 0.25) is 0 Å². The summed E-state index contributed by atoms with van der Waals surface area (Å²) in [7, 11) is 0. The fourth-order valence-electron chi connectivity index (χ4n) is 6.07. The lowest BCUT2D eigenvalue weighted by Gasteiger charge is -2.37. The third kappa shape index (κ3) is 9.59. The molecule has 234 valence electrons. The van der Waals surface area contributed by atoms with Crippen LogP contribution in [0.4, 0.5) is 0 Å². The van der Waals surface area contributed by atoms with E-state index in [2.05, 4.69) is 55.6 Å². The predicted octanol–water partition coefficient (Wildman–Crippen LogP) is 2.36. The smallest absolute Gasteiger partial charge is 0.324 e. The number of thiocarbonyl (C=S) groups is 1. The van der Waals surface area contributed by atoms with Gasteiger partial charge in [0.2, 0.25) is 5.91 Å². The highest BCUT2D eigenvalue weighted by Gasteiger charge is 2.41. The largest absolute Gasteiger partial charge is 0.464 e. The molecule has 0 aromatic carbocycles. The molecule has 0 aromatic heterocycles. The van der Waals surface area contributed by atoms with Gasteiger partial charge in [-0.2, -0.15) is 0 Å². The van der Waals surface area contributed by atoms with Crippen LogP contribution in [0.25, 0.3) is 0 Å². The van der Waals surface area contributed by atoms with Gasteiger partial charge in [0, 0.05) is 24.9 Å². The van der Waals surface area contributed by atoms with E-state index >= 15 is 0 Å². The summed E-state index contributed by atoms with van der Waals surface area (Å²) in [4.78, 5) is 43.0. The summed E-state index contributed by atoms with van der Waals surface area (Å²) in [5.74, 6) is 0.317. The fourth-order valence-corrected chi connectivity index (χ4v) is 6.23. The Labute approximate surface area is 252 Å². The number of hydrogen-bond donors (Lipinski definition) is 4. The van der Waals surface area contributed by atoms with E-state index in [1.54, 1.807) is 0 Å². The van der Waals surface area contributed by atoms with Gasteiger partial charge in [-0.3, -0.25) is 24.3 Å². The molecule has 0 bridgehead atoms. The van der Waals surface area contributed by atoms with Crippen LogP contribution in [0.15, 0.2) is 0 Å². The molecule has 10 nitrogen and oxygen atoms in total. The minimum Gasteiger partial charge on any atom is -0.464 e. The molecule has 0 unspecified atom stereocenters. The summed E-state index contributed by atoms with van der Waals surface area (Å²) in [6.07, 6.45) is 6.63. The monoisotopic (exact) mass is 594 g/mol. The average molecular weight is 595 g/mol. The van der Waals surface area contributed by atoms with Crippen LogP contribution in [-0.2, 0) is 19.1 Å². The number of carbonyl (C=O) groups excluding carboxylic acids is 3. The Hall–Kier alpha value is -1.82. The SMILES string of the molecule is CCNC[C@@H]1CCN([C@H](C(=O)N[C@@H](CC(N)=S)C(=O)N2CCC[C@@H](C(=O)OCC(C)(C)C(C)C)N2)C2CCCC2)C1. The van der Waals surface area contributed by atoms with Crippen molar-refractivity contribution in [2.24, 2.45) is 28.9 Å². The quantitative estimate of drug-likeness (QED) is 0.177. The van der Waals surface area contributed by atoms with Crippen molar-refractivity contribution in [3.63, 3.8) is 0 Å². The summed E-state index contributed by atoms with van der Waals surface area (Å²) < 4.78 is 5.64. The van der Waals surface area contributed by atoms with Gasteiger partial charge < -0.3 is 21.1 Å². The van der Waals surface area contributed by atoms with Crippen molar-refractivity contribution >= 4 is 35.0 Å². The van der Waals surface area contributed by atoms with Gasteiger partial charge in [-0.25, -0.2) is 5.43 Å². The number of rotatable bonds is 14. The first-order valence-corrected chi connectivity index (χ1v) is 16.1. The maximum Gasteiger partial charge on any atom is 0.324 e. The summed E-state index contributed by atoms with van der Waals surface area (Å²) in [5, 5.41) is 7.93. The zero-order valence-electron chi connectivity index (χ0n) is 25.9. The molecule has 0 aromatic rings. The van der Waals surface area contributed by atoms with Crippen LogP contribution in [0.3, 0.4) is 0 Å². The Morgan fingerprint density at radius 3 is 2.44 bits per heavy atom. The maximum atomic E-state index is 13.9. The van der Waals surface area contributed by atoms with Crippen molar-refractivity contribution in [2.75, 3.05) is 39.3 Å². The van der Waals surface area contributed by atoms with Gasteiger partial charge in [0.1, 0.15) is 12.1 Å². The number of nitrogens with two attached hydrogens (primary N) is 1. The number of ether oxygens (including phenoxy) is 1. The number of carbonyl (C=O) groups is 3. The molecule has 2 saturated heterocycles. The summed E-state index contributed by atoms with van der Waals surface area (Å²) >= 11 is 5.18. The normalized spacial score (nSPS) is 23.9. The van der Waals surface area contributed by atoms with E-state index < -0.39 is 12.1 Å². The standard InChI is InChI=1S/C30H54N6O4S/c1-6-32-17-21-13-15-35(18-21)26(22-10-7-8-11-22)27(37)33-24(16-25(31)41)28(38)36-14-9-12-23(34-36)29(39)40-19-30(4,5)20(2)3/h20-24,26,32,34H,6-19H2,1-5H3,(H2,31,41)(H,33,37)/t21-,23-,24-,26-/m0/s1. The zero-order chi connectivity index (χ0) is 30.2. The third-order valence-electron chi connectivity index (χ3n) is 9.41. The van der Waals surface area contributed by atoms with Crippen LogP contribution in [0.5, 0.6) is 0 Å². The number of nitrogens with zero attached hydrogens (tertiary/aromatic N) is 2. The molecule has 41 heavy (non-hydrogen) atoms. The Kier molecular flexibility index (Phi) is 12.8. The lowest BCUT2D eigenvalue weighted by Crippen LogP contribution is -2.62. The minimum absolute atomic E-state index is 0.0657. The molecule has 2 heterocycles. The topological polar surface area (TPSA) is 129 Å². The van der Waals surface area contributed by atoms with E-state index in [1.165, 1.54) is 5.01 Å². The summed E-state index contributed by atoms with van der Waals surface area (Å²) in [5.41, 5.74) is 8.82. The maximum absolute atomic E-state index is 13.9. The minimum atomic E-state index is -0.897. The number of amides is 2. The highest BCUT2D eigenvalue weighted by Crippen LogP contribution is 2.33. The molecule has 3 aliphatic rings. The summed E-state index contributed by atoms with van der Waals surface area (Å²) in [6, 6.07) is -1.79. The highest BCUT2D eigenvalue weighted by atomic mass is 32.1. The fraction of sp³-hybridized carbons (Fsp3) is 0.867. The van der Waals surface area contributed by atoms with Gasteiger partial charge in [-0.15, -0.1) is 0 Å². The highest BCUT2D eigenvalue weighted by molar-refractivity contribution is 7.80. The Morgan fingerprint density at radius 2 is 1.80 bits per heavy atom. The lowest BCUT2D eigenvalue weighted by atomic mass is 9.82. The number of hydrazine groups is 1. The van der Waals surface area contributed by atoms with E-state index in [1.807, 2.05) is 0 Å². The van der Waals surface area contributed by atoms with E-state index in [-0.39, 0.29) is 46.6 Å². The molecular formula is C30H54N6O4S. The predicted molar refractivity (Wildman–Crippen MR) is 165 cm³/mol. The van der Waals surface area contributed by atoms with Crippen LogP contribution < -0.4 is 21.8 Å². The van der Waals surface area contributed by atoms with Crippen LogP contribution in [0, 0.1) is 23.2 Å². The molecule has 2 aliphatic heterocycles. The van der Waals surface area contributed by atoms with E-state index in [0.717, 1.165) is 58.3 Å². The molecule has 4 atom stereocenters. The van der Waals surface area contributed by atoms with E-state index in [9.17, 15) is 14.4 Å². The Bertz CT molecular complexity index is 909. The van der Waals surface area contributed by atoms with Crippen molar-refractivity contribution in [1.82, 2.24) is 26.0 Å². The molecule has 0 spiro atoms. The van der Waals surface area contributed by atoms with Crippen molar-refractivity contribution in [2.45, 2.75) is 104 Å². The first kappa shape index (κ1) is 33.7. The van der Waals surface area contributed by atoms with Gasteiger partial charge in [0.25, 0.3) is 5.91 Å². The van der Waals surface area contributed by atoms with Gasteiger partial charge in [-0.1, -0.05) is 59.7 Å². The van der Waals surface area contributed by atoms with Gasteiger partial charge in [0.05, 0.1) is 17.6 Å². The first-order chi connectivity index (χ1) is 19.4. The van der Waals surface area contributed by atoms with Crippen LogP contribution >= 0.6 is 12.2 Å². The molecular weight excluding hydrogens is 540 g/mol. The first-order valence-electron chi connectivity index (χ1n) is 15.7. The number of nitrogens with one attached hydrogen (secondary N) is 3. The lowest BCUT2D eigenvalue weighted by molar-refractivity contribution is -0.156. The van der Waals surface area contributed by atoms with Gasteiger partial charge in [-0.05, 0) is 69.5 Å². The zero-order valence-corrected chi connectivity index (χ0v) is 26.7. The summed E-state index contributed by atoms with van der Waals surface area (Å²) in [6.45, 7) is 14.8. The molecule has 5 N–H and O–H groups in total. The van der Waals surface area contributed by atoms with Gasteiger partial charge in [0.15, 0.2) is 0 Å². The second-order valence-electron chi connectivity index (χ2n) is 13.2. The Balaban J connectivity index is 1.67. The number of hydrogen-bond acceptors (Lipinski definition) is 8. The molecule has 1 saturated carbocycles. The average Bonchev–Trinajstić information content (AvgIpc) is 3.63. The van der Waals surface area contributed by atoms with Crippen LogP contribution in [0.1, 0.15) is 86.0 Å². The van der Waals surface area contributed by atoms with Crippen molar-refractivity contribution < 1.29 is 19.1 Å². The van der Waals surface area contributed by atoms with Gasteiger partial charge >= 0.3 is 5.97 Å². The van der Waals surface area contributed by atoms with Crippen molar-refractivity contribution in [1.29, 1.82) is 0 Å². The number of esters is 1. The van der Waals surface area contributed by atoms with Crippen LogP contribution in [-0.4, -0.2) is 90.1 Å². The third-order valence-corrected chi connectivity index (χ3v) is 9.58. The molecule has 11 heteroatoms. The van der Waals surface area contributed by atoms with Crippen molar-refractivity contribution in [3.8, 4) is 0 Å². The van der Waals surface area contributed by atoms with E-state index in [0.29, 0.717) is 37.8 Å². The second kappa shape index (κ2) is 15.6.